The van der Waals surface area contributed by atoms with Gasteiger partial charge in [0, 0.05) is 24.5 Å². The second kappa shape index (κ2) is 6.23. The number of thiocarbonyl (C=S) groups is 1. The molecule has 2 rings (SSSR count). The molecule has 0 bridgehead atoms. The fourth-order valence-corrected chi connectivity index (χ4v) is 3.69. The van der Waals surface area contributed by atoms with Crippen LogP contribution < -0.4 is 10.6 Å². The summed E-state index contributed by atoms with van der Waals surface area (Å²) in [6.07, 6.45) is 1.37. The quantitative estimate of drug-likeness (QED) is 0.824. The topological polar surface area (TPSA) is 70.2 Å². The summed E-state index contributed by atoms with van der Waals surface area (Å²) in [6, 6.07) is 0.324. The molecular formula is C13H21N5OS2. The third-order valence-corrected chi connectivity index (χ3v) is 4.49. The molecule has 6 nitrogen and oxygen atoms in total. The second-order valence-corrected chi connectivity index (χ2v) is 7.55. The van der Waals surface area contributed by atoms with Crippen LogP contribution in [0.3, 0.4) is 0 Å². The first-order valence-electron chi connectivity index (χ1n) is 6.95. The summed E-state index contributed by atoms with van der Waals surface area (Å²) in [7, 11) is 0. The summed E-state index contributed by atoms with van der Waals surface area (Å²) >= 11 is 6.77. The van der Waals surface area contributed by atoms with Gasteiger partial charge >= 0.3 is 0 Å². The van der Waals surface area contributed by atoms with Crippen LogP contribution in [0.4, 0.5) is 5.13 Å². The van der Waals surface area contributed by atoms with Crippen LogP contribution in [0.2, 0.25) is 0 Å². The number of rotatable bonds is 4. The average Bonchev–Trinajstić information content (AvgIpc) is 2.71. The van der Waals surface area contributed by atoms with Crippen LogP contribution in [-0.2, 0) is 4.79 Å². The van der Waals surface area contributed by atoms with Crippen LogP contribution in [0.15, 0.2) is 0 Å². The monoisotopic (exact) mass is 327 g/mol. The summed E-state index contributed by atoms with van der Waals surface area (Å²) in [5, 5.41) is 15.9. The molecule has 1 aromatic rings. The molecule has 21 heavy (non-hydrogen) atoms. The van der Waals surface area contributed by atoms with E-state index in [1.807, 2.05) is 6.92 Å². The van der Waals surface area contributed by atoms with E-state index < -0.39 is 0 Å². The van der Waals surface area contributed by atoms with Crippen molar-refractivity contribution in [2.24, 2.45) is 0 Å². The molecular weight excluding hydrogens is 306 g/mol. The van der Waals surface area contributed by atoms with Gasteiger partial charge in [-0.2, -0.15) is 0 Å². The van der Waals surface area contributed by atoms with Gasteiger partial charge in [-0.25, -0.2) is 0 Å². The number of carbonyl (C=O) groups is 1. The lowest BCUT2D eigenvalue weighted by molar-refractivity contribution is -0.116. The standard InChI is InChI=1S/C13H21N5OS2/c1-8-7-13(3,4)15-12(20)18(8)6-5-10(19)14-11-17-16-9(2)21-11/h8H,5-7H2,1-4H3,(H,15,20)(H,14,17,19). The van der Waals surface area contributed by atoms with Gasteiger partial charge in [-0.1, -0.05) is 11.3 Å². The van der Waals surface area contributed by atoms with Crippen molar-refractivity contribution in [1.82, 2.24) is 20.4 Å². The smallest absolute Gasteiger partial charge is 0.227 e. The number of aromatic nitrogens is 2. The summed E-state index contributed by atoms with van der Waals surface area (Å²) < 4.78 is 0. The van der Waals surface area contributed by atoms with Gasteiger partial charge in [0.2, 0.25) is 11.0 Å². The molecule has 1 atom stereocenters. The van der Waals surface area contributed by atoms with E-state index in [9.17, 15) is 4.79 Å². The minimum Gasteiger partial charge on any atom is -0.358 e. The maximum atomic E-state index is 11.9. The minimum absolute atomic E-state index is 0.0132. The predicted octanol–water partition coefficient (Wildman–Crippen LogP) is 1.92. The zero-order chi connectivity index (χ0) is 15.6. The van der Waals surface area contributed by atoms with Gasteiger partial charge in [0.15, 0.2) is 5.11 Å². The van der Waals surface area contributed by atoms with Gasteiger partial charge in [-0.15, -0.1) is 10.2 Å². The van der Waals surface area contributed by atoms with Gasteiger partial charge in [0.05, 0.1) is 0 Å². The SMILES string of the molecule is Cc1nnc(NC(=O)CCN2C(=S)NC(C)(C)CC2C)s1. The largest absolute Gasteiger partial charge is 0.358 e. The van der Waals surface area contributed by atoms with E-state index in [1.54, 1.807) is 0 Å². The Morgan fingerprint density at radius 3 is 2.86 bits per heavy atom. The fraction of sp³-hybridized carbons (Fsp3) is 0.692. The van der Waals surface area contributed by atoms with E-state index in [0.29, 0.717) is 24.1 Å². The molecule has 0 aliphatic carbocycles. The molecule has 1 aliphatic rings. The fourth-order valence-electron chi connectivity index (χ4n) is 2.53. The average molecular weight is 327 g/mol. The van der Waals surface area contributed by atoms with Crippen molar-refractivity contribution < 1.29 is 4.79 Å². The molecule has 2 N–H and O–H groups in total. The summed E-state index contributed by atoms with van der Waals surface area (Å²) in [5.41, 5.74) is 0.0132. The van der Waals surface area contributed by atoms with Crippen molar-refractivity contribution in [2.75, 3.05) is 11.9 Å². The molecule has 1 saturated heterocycles. The highest BCUT2D eigenvalue weighted by Gasteiger charge is 2.32. The van der Waals surface area contributed by atoms with Crippen LogP contribution in [0, 0.1) is 6.92 Å². The number of hydrogen-bond donors (Lipinski definition) is 2. The highest BCUT2D eigenvalue weighted by Crippen LogP contribution is 2.22. The van der Waals surface area contributed by atoms with Gasteiger partial charge in [0.1, 0.15) is 5.01 Å². The zero-order valence-electron chi connectivity index (χ0n) is 12.8. The summed E-state index contributed by atoms with van der Waals surface area (Å²) in [6.45, 7) is 8.87. The molecule has 2 heterocycles. The van der Waals surface area contributed by atoms with Gasteiger partial charge in [-0.05, 0) is 46.3 Å². The van der Waals surface area contributed by atoms with Gasteiger partial charge in [-0.3, -0.25) is 4.79 Å². The molecule has 0 aromatic carbocycles. The summed E-state index contributed by atoms with van der Waals surface area (Å²) in [5.74, 6) is -0.0639. The Morgan fingerprint density at radius 1 is 1.57 bits per heavy atom. The molecule has 1 aromatic heterocycles. The Kier molecular flexibility index (Phi) is 4.77. The molecule has 0 saturated carbocycles. The first-order chi connectivity index (χ1) is 9.77. The number of carbonyl (C=O) groups excluding carboxylic acids is 1. The maximum Gasteiger partial charge on any atom is 0.227 e. The van der Waals surface area contributed by atoms with E-state index >= 15 is 0 Å². The Labute approximate surface area is 134 Å². The molecule has 0 spiro atoms. The summed E-state index contributed by atoms with van der Waals surface area (Å²) in [4.78, 5) is 14.0. The third-order valence-electron chi connectivity index (χ3n) is 3.40. The van der Waals surface area contributed by atoms with Crippen molar-refractivity contribution in [3.8, 4) is 0 Å². The van der Waals surface area contributed by atoms with Crippen molar-refractivity contribution in [2.45, 2.75) is 52.1 Å². The van der Waals surface area contributed by atoms with E-state index in [2.05, 4.69) is 46.5 Å². The Bertz CT molecular complexity index is 542. The third kappa shape index (κ3) is 4.34. The van der Waals surface area contributed by atoms with Crippen molar-refractivity contribution >= 4 is 39.7 Å². The molecule has 1 amide bonds. The normalized spacial score (nSPS) is 21.0. The first kappa shape index (κ1) is 16.1. The molecule has 116 valence electrons. The predicted molar refractivity (Wildman–Crippen MR) is 88.5 cm³/mol. The van der Waals surface area contributed by atoms with E-state index in [0.717, 1.165) is 16.5 Å². The number of nitrogens with zero attached hydrogens (tertiary/aromatic N) is 3. The van der Waals surface area contributed by atoms with E-state index in [4.69, 9.17) is 12.2 Å². The lowest BCUT2D eigenvalue weighted by Crippen LogP contribution is -2.60. The lowest BCUT2D eigenvalue weighted by atomic mass is 9.93. The van der Waals surface area contributed by atoms with Gasteiger partial charge < -0.3 is 15.5 Å². The van der Waals surface area contributed by atoms with Crippen LogP contribution in [-0.4, -0.2) is 44.2 Å². The zero-order valence-corrected chi connectivity index (χ0v) is 14.4. The van der Waals surface area contributed by atoms with Crippen molar-refractivity contribution in [3.05, 3.63) is 5.01 Å². The number of amides is 1. The van der Waals surface area contributed by atoms with Crippen molar-refractivity contribution in [1.29, 1.82) is 0 Å². The van der Waals surface area contributed by atoms with Crippen molar-refractivity contribution in [3.63, 3.8) is 0 Å². The highest BCUT2D eigenvalue weighted by molar-refractivity contribution is 7.80. The Balaban J connectivity index is 1.85. The lowest BCUT2D eigenvalue weighted by Gasteiger charge is -2.44. The number of anilines is 1. The van der Waals surface area contributed by atoms with Gasteiger partial charge in [0.25, 0.3) is 0 Å². The molecule has 0 radical (unpaired) electrons. The number of aryl methyl sites for hydroxylation is 1. The van der Waals surface area contributed by atoms with E-state index in [1.165, 1.54) is 11.3 Å². The molecule has 1 aliphatic heterocycles. The van der Waals surface area contributed by atoms with Crippen LogP contribution in [0.25, 0.3) is 0 Å². The number of hydrogen-bond acceptors (Lipinski definition) is 5. The highest BCUT2D eigenvalue weighted by atomic mass is 32.1. The molecule has 8 heteroatoms. The van der Waals surface area contributed by atoms with E-state index in [-0.39, 0.29) is 11.4 Å². The minimum atomic E-state index is -0.0639. The number of nitrogens with one attached hydrogen (secondary N) is 2. The van der Waals surface area contributed by atoms with Crippen LogP contribution >= 0.6 is 23.6 Å². The Morgan fingerprint density at radius 2 is 2.29 bits per heavy atom. The first-order valence-corrected chi connectivity index (χ1v) is 8.18. The molecule has 1 fully saturated rings. The second-order valence-electron chi connectivity index (χ2n) is 5.98. The Hall–Kier alpha value is -1.28. The maximum absolute atomic E-state index is 11.9. The molecule has 1 unspecified atom stereocenters. The van der Waals surface area contributed by atoms with Crippen LogP contribution in [0.1, 0.15) is 38.6 Å². The van der Waals surface area contributed by atoms with Crippen LogP contribution in [0.5, 0.6) is 0 Å².